The maximum absolute atomic E-state index is 13.9. The zero-order chi connectivity index (χ0) is 14.7. The molecule has 20 heavy (non-hydrogen) atoms. The fourth-order valence-electron chi connectivity index (χ4n) is 3.15. The molecular formula is C16H24F2N2. The molecule has 1 N–H and O–H groups in total. The molecule has 1 aromatic carbocycles. The third kappa shape index (κ3) is 3.18. The molecular weight excluding hydrogens is 258 g/mol. The number of nitrogens with one attached hydrogen (secondary N) is 1. The van der Waals surface area contributed by atoms with Crippen molar-refractivity contribution in [2.75, 3.05) is 14.1 Å². The Morgan fingerprint density at radius 3 is 2.45 bits per heavy atom. The number of rotatable bonds is 4. The van der Waals surface area contributed by atoms with Crippen molar-refractivity contribution >= 4 is 0 Å². The van der Waals surface area contributed by atoms with Gasteiger partial charge in [-0.2, -0.15) is 0 Å². The first-order valence-corrected chi connectivity index (χ1v) is 7.37. The average molecular weight is 282 g/mol. The number of halogens is 2. The minimum atomic E-state index is -0.762. The molecule has 0 aromatic heterocycles. The van der Waals surface area contributed by atoms with Crippen molar-refractivity contribution < 1.29 is 8.78 Å². The molecule has 0 radical (unpaired) electrons. The highest BCUT2D eigenvalue weighted by molar-refractivity contribution is 5.22. The molecule has 0 amide bonds. The summed E-state index contributed by atoms with van der Waals surface area (Å²) in [5, 5.41) is 3.31. The summed E-state index contributed by atoms with van der Waals surface area (Å²) in [4.78, 5) is 2.18. The van der Waals surface area contributed by atoms with E-state index >= 15 is 0 Å². The van der Waals surface area contributed by atoms with Crippen molar-refractivity contribution in [1.29, 1.82) is 0 Å². The molecule has 1 aliphatic rings. The van der Waals surface area contributed by atoms with E-state index < -0.39 is 11.6 Å². The van der Waals surface area contributed by atoms with Crippen LogP contribution in [0.3, 0.4) is 0 Å². The van der Waals surface area contributed by atoms with Crippen molar-refractivity contribution in [2.45, 2.75) is 50.7 Å². The third-order valence-electron chi connectivity index (χ3n) is 4.72. The van der Waals surface area contributed by atoms with Crippen LogP contribution in [0.4, 0.5) is 8.78 Å². The normalized spacial score (nSPS) is 24.9. The Bertz CT molecular complexity index is 442. The van der Waals surface area contributed by atoms with Gasteiger partial charge >= 0.3 is 0 Å². The van der Waals surface area contributed by atoms with E-state index in [1.807, 2.05) is 21.0 Å². The van der Waals surface area contributed by atoms with E-state index in [1.165, 1.54) is 6.07 Å². The second kappa shape index (κ2) is 6.64. The van der Waals surface area contributed by atoms with Gasteiger partial charge in [0, 0.05) is 23.7 Å². The lowest BCUT2D eigenvalue weighted by Crippen LogP contribution is -2.41. The van der Waals surface area contributed by atoms with E-state index in [9.17, 15) is 8.78 Å². The summed E-state index contributed by atoms with van der Waals surface area (Å²) in [7, 11) is 4.01. The fraction of sp³-hybridized carbons (Fsp3) is 0.625. The second-order valence-corrected chi connectivity index (χ2v) is 5.78. The summed E-state index contributed by atoms with van der Waals surface area (Å²) in [6.07, 6.45) is 4.49. The summed E-state index contributed by atoms with van der Waals surface area (Å²) in [5.41, 5.74) is 0.447. The summed E-state index contributed by atoms with van der Waals surface area (Å²) in [5.74, 6) is -1.47. The standard InChI is InChI=1S/C16H24F2N2/c1-11(14-5-4-6-15(17)16(14)18)20(3)13-9-7-12(19-2)8-10-13/h4-6,11-13,19H,7-10H2,1-3H3. The van der Waals surface area contributed by atoms with Crippen molar-refractivity contribution in [2.24, 2.45) is 0 Å². The van der Waals surface area contributed by atoms with Crippen LogP contribution in [0.5, 0.6) is 0 Å². The largest absolute Gasteiger partial charge is 0.317 e. The molecule has 1 fully saturated rings. The fourth-order valence-corrected chi connectivity index (χ4v) is 3.15. The molecule has 1 aromatic rings. The maximum atomic E-state index is 13.9. The smallest absolute Gasteiger partial charge is 0.163 e. The van der Waals surface area contributed by atoms with Crippen molar-refractivity contribution in [3.05, 3.63) is 35.4 Å². The highest BCUT2D eigenvalue weighted by atomic mass is 19.2. The quantitative estimate of drug-likeness (QED) is 0.909. The molecule has 1 aliphatic carbocycles. The molecule has 0 heterocycles. The summed E-state index contributed by atoms with van der Waals surface area (Å²) in [6, 6.07) is 5.36. The van der Waals surface area contributed by atoms with Crippen molar-refractivity contribution in [3.63, 3.8) is 0 Å². The highest BCUT2D eigenvalue weighted by Crippen LogP contribution is 2.30. The van der Waals surface area contributed by atoms with Crippen LogP contribution in [0.1, 0.15) is 44.2 Å². The summed E-state index contributed by atoms with van der Waals surface area (Å²) < 4.78 is 27.2. The van der Waals surface area contributed by atoms with E-state index in [-0.39, 0.29) is 6.04 Å². The molecule has 0 aliphatic heterocycles. The number of benzene rings is 1. The Morgan fingerprint density at radius 1 is 1.20 bits per heavy atom. The Morgan fingerprint density at radius 2 is 1.85 bits per heavy atom. The van der Waals surface area contributed by atoms with E-state index in [0.717, 1.165) is 25.7 Å². The predicted octanol–water partition coefficient (Wildman–Crippen LogP) is 3.49. The number of hydrogen-bond acceptors (Lipinski definition) is 2. The van der Waals surface area contributed by atoms with Crippen LogP contribution in [-0.4, -0.2) is 31.1 Å². The van der Waals surface area contributed by atoms with Gasteiger partial charge < -0.3 is 5.32 Å². The molecule has 2 nitrogen and oxygen atoms in total. The molecule has 0 saturated heterocycles. The van der Waals surface area contributed by atoms with Crippen LogP contribution in [-0.2, 0) is 0 Å². The Balaban J connectivity index is 2.05. The molecule has 112 valence electrons. The van der Waals surface area contributed by atoms with E-state index in [2.05, 4.69) is 10.2 Å². The molecule has 4 heteroatoms. The first-order valence-electron chi connectivity index (χ1n) is 7.37. The lowest BCUT2D eigenvalue weighted by Gasteiger charge is -2.38. The SMILES string of the molecule is CNC1CCC(N(C)C(C)c2cccc(F)c2F)CC1. The Labute approximate surface area is 120 Å². The zero-order valence-electron chi connectivity index (χ0n) is 12.5. The van der Waals surface area contributed by atoms with Crippen LogP contribution >= 0.6 is 0 Å². The van der Waals surface area contributed by atoms with Gasteiger partial charge in [0.15, 0.2) is 11.6 Å². The number of nitrogens with zero attached hydrogens (tertiary/aromatic N) is 1. The maximum Gasteiger partial charge on any atom is 0.163 e. The lowest BCUT2D eigenvalue weighted by molar-refractivity contribution is 0.134. The average Bonchev–Trinajstić information content (AvgIpc) is 2.48. The topological polar surface area (TPSA) is 15.3 Å². The molecule has 0 bridgehead atoms. The molecule has 1 unspecified atom stereocenters. The number of hydrogen-bond donors (Lipinski definition) is 1. The Hall–Kier alpha value is -1.00. The lowest BCUT2D eigenvalue weighted by atomic mass is 9.89. The molecule has 1 saturated carbocycles. The highest BCUT2D eigenvalue weighted by Gasteiger charge is 2.27. The van der Waals surface area contributed by atoms with Gasteiger partial charge in [0.05, 0.1) is 0 Å². The first-order chi connectivity index (χ1) is 9.54. The van der Waals surface area contributed by atoms with E-state index in [4.69, 9.17) is 0 Å². The van der Waals surface area contributed by atoms with Gasteiger partial charge in [-0.25, -0.2) is 8.78 Å². The van der Waals surface area contributed by atoms with Crippen molar-refractivity contribution in [1.82, 2.24) is 10.2 Å². The van der Waals surface area contributed by atoms with E-state index in [0.29, 0.717) is 17.6 Å². The zero-order valence-corrected chi connectivity index (χ0v) is 12.5. The molecule has 0 spiro atoms. The van der Waals surface area contributed by atoms with Gasteiger partial charge in [0.1, 0.15) is 0 Å². The van der Waals surface area contributed by atoms with Gasteiger partial charge in [-0.15, -0.1) is 0 Å². The van der Waals surface area contributed by atoms with Crippen LogP contribution in [0.15, 0.2) is 18.2 Å². The van der Waals surface area contributed by atoms with Gasteiger partial charge in [0.2, 0.25) is 0 Å². The monoisotopic (exact) mass is 282 g/mol. The van der Waals surface area contributed by atoms with E-state index in [1.54, 1.807) is 12.1 Å². The molecule has 1 atom stereocenters. The van der Waals surface area contributed by atoms with Crippen LogP contribution in [0, 0.1) is 11.6 Å². The van der Waals surface area contributed by atoms with Crippen LogP contribution in [0.2, 0.25) is 0 Å². The Kier molecular flexibility index (Phi) is 5.11. The minimum Gasteiger partial charge on any atom is -0.317 e. The minimum absolute atomic E-state index is 0.109. The van der Waals surface area contributed by atoms with Gasteiger partial charge in [-0.1, -0.05) is 12.1 Å². The van der Waals surface area contributed by atoms with Gasteiger partial charge in [-0.3, -0.25) is 4.90 Å². The first kappa shape index (κ1) is 15.4. The second-order valence-electron chi connectivity index (χ2n) is 5.78. The van der Waals surface area contributed by atoms with Crippen molar-refractivity contribution in [3.8, 4) is 0 Å². The predicted molar refractivity (Wildman–Crippen MR) is 77.6 cm³/mol. The van der Waals surface area contributed by atoms with Gasteiger partial charge in [-0.05, 0) is 52.8 Å². The van der Waals surface area contributed by atoms with Crippen LogP contribution in [0.25, 0.3) is 0 Å². The third-order valence-corrected chi connectivity index (χ3v) is 4.72. The van der Waals surface area contributed by atoms with Crippen LogP contribution < -0.4 is 5.32 Å². The summed E-state index contributed by atoms with van der Waals surface area (Å²) in [6.45, 7) is 1.95. The van der Waals surface area contributed by atoms with Gasteiger partial charge in [0.25, 0.3) is 0 Å². The molecule has 2 rings (SSSR count). The summed E-state index contributed by atoms with van der Waals surface area (Å²) >= 11 is 0.